The molecular formula is C23H27NO6. The van der Waals surface area contributed by atoms with Gasteiger partial charge in [0.1, 0.15) is 22.8 Å². The van der Waals surface area contributed by atoms with Gasteiger partial charge >= 0.3 is 0 Å². The van der Waals surface area contributed by atoms with E-state index in [9.17, 15) is 15.0 Å². The Bertz CT molecular complexity index is 918. The number of morpholine rings is 1. The molecule has 0 bridgehead atoms. The van der Waals surface area contributed by atoms with E-state index < -0.39 is 0 Å². The number of phenolic OH excluding ortho intramolecular Hbond substituents is 1. The molecule has 0 saturated carbocycles. The Balaban J connectivity index is 1.94. The topological polar surface area (TPSA) is 88.5 Å². The van der Waals surface area contributed by atoms with Crippen LogP contribution in [-0.4, -0.2) is 61.4 Å². The lowest BCUT2D eigenvalue weighted by Crippen LogP contribution is -2.36. The van der Waals surface area contributed by atoms with Gasteiger partial charge < -0.3 is 24.4 Å². The van der Waals surface area contributed by atoms with E-state index in [2.05, 4.69) is 4.90 Å². The number of allylic oxidation sites excluding steroid dienone is 1. The van der Waals surface area contributed by atoms with Crippen LogP contribution < -0.4 is 9.47 Å². The predicted octanol–water partition coefficient (Wildman–Crippen LogP) is 2.63. The zero-order valence-electron chi connectivity index (χ0n) is 17.3. The van der Waals surface area contributed by atoms with Gasteiger partial charge in [-0.2, -0.15) is 0 Å². The van der Waals surface area contributed by atoms with Gasteiger partial charge in [-0.1, -0.05) is 18.2 Å². The van der Waals surface area contributed by atoms with E-state index in [0.717, 1.165) is 18.7 Å². The van der Waals surface area contributed by atoms with E-state index in [0.29, 0.717) is 36.6 Å². The van der Waals surface area contributed by atoms with Crippen LogP contribution in [-0.2, 0) is 17.9 Å². The fourth-order valence-corrected chi connectivity index (χ4v) is 3.44. The normalized spacial score (nSPS) is 14.8. The number of aliphatic hydroxyl groups is 1. The third kappa shape index (κ3) is 4.99. The van der Waals surface area contributed by atoms with Crippen molar-refractivity contribution >= 4 is 11.9 Å². The number of benzene rings is 2. The molecular weight excluding hydrogens is 386 g/mol. The van der Waals surface area contributed by atoms with Crippen LogP contribution in [0.4, 0.5) is 0 Å². The molecule has 2 N–H and O–H groups in total. The van der Waals surface area contributed by atoms with Crippen LogP contribution >= 0.6 is 0 Å². The van der Waals surface area contributed by atoms with E-state index >= 15 is 0 Å². The summed E-state index contributed by atoms with van der Waals surface area (Å²) in [6.07, 6.45) is 3.05. The molecule has 0 aliphatic carbocycles. The van der Waals surface area contributed by atoms with Gasteiger partial charge in [0.05, 0.1) is 34.0 Å². The first-order valence-electron chi connectivity index (χ1n) is 9.76. The van der Waals surface area contributed by atoms with Gasteiger partial charge in [0.25, 0.3) is 0 Å². The predicted molar refractivity (Wildman–Crippen MR) is 113 cm³/mol. The molecule has 0 spiro atoms. The lowest BCUT2D eigenvalue weighted by molar-refractivity contribution is 0.0336. The van der Waals surface area contributed by atoms with E-state index in [-0.39, 0.29) is 29.5 Å². The summed E-state index contributed by atoms with van der Waals surface area (Å²) in [4.78, 5) is 15.1. The Morgan fingerprint density at radius 1 is 1.20 bits per heavy atom. The maximum absolute atomic E-state index is 13.0. The summed E-state index contributed by atoms with van der Waals surface area (Å²) >= 11 is 0. The molecule has 3 rings (SSSR count). The highest BCUT2D eigenvalue weighted by Crippen LogP contribution is 2.36. The van der Waals surface area contributed by atoms with Gasteiger partial charge in [0.2, 0.25) is 0 Å². The Kier molecular flexibility index (Phi) is 7.46. The first kappa shape index (κ1) is 21.8. The summed E-state index contributed by atoms with van der Waals surface area (Å²) in [5.74, 6) is 0.359. The number of carbonyl (C=O) groups is 1. The van der Waals surface area contributed by atoms with Crippen molar-refractivity contribution in [2.75, 3.05) is 40.5 Å². The molecule has 7 heteroatoms. The second kappa shape index (κ2) is 10.2. The number of hydrogen-bond donors (Lipinski definition) is 2. The molecule has 0 aromatic heterocycles. The van der Waals surface area contributed by atoms with Crippen LogP contribution in [0, 0.1) is 0 Å². The van der Waals surface area contributed by atoms with Crippen LogP contribution in [0.2, 0.25) is 0 Å². The SMILES string of the molecule is COc1cccc(/C=C/C(=O)c2c(OC)cc(CO)c(CN3CCOCC3)c2O)c1. The third-order valence-corrected chi connectivity index (χ3v) is 5.11. The van der Waals surface area contributed by atoms with Crippen LogP contribution in [0.15, 0.2) is 36.4 Å². The number of aromatic hydroxyl groups is 1. The van der Waals surface area contributed by atoms with Crippen LogP contribution in [0.1, 0.15) is 27.0 Å². The minimum absolute atomic E-state index is 0.0807. The minimum Gasteiger partial charge on any atom is -0.507 e. The van der Waals surface area contributed by atoms with Gasteiger partial charge in [0, 0.05) is 25.2 Å². The minimum atomic E-state index is -0.389. The van der Waals surface area contributed by atoms with Crippen molar-refractivity contribution in [3.8, 4) is 17.2 Å². The van der Waals surface area contributed by atoms with Crippen molar-refractivity contribution in [1.82, 2.24) is 4.90 Å². The highest BCUT2D eigenvalue weighted by Gasteiger charge is 2.24. The van der Waals surface area contributed by atoms with E-state index in [1.807, 2.05) is 18.2 Å². The quantitative estimate of drug-likeness (QED) is 0.508. The van der Waals surface area contributed by atoms with E-state index in [4.69, 9.17) is 14.2 Å². The van der Waals surface area contributed by atoms with Crippen LogP contribution in [0.3, 0.4) is 0 Å². The molecule has 2 aromatic rings. The Labute approximate surface area is 176 Å². The fraction of sp³-hybridized carbons (Fsp3) is 0.348. The second-order valence-corrected chi connectivity index (χ2v) is 6.96. The van der Waals surface area contributed by atoms with Gasteiger partial charge in [-0.05, 0) is 35.4 Å². The molecule has 1 saturated heterocycles. The molecule has 0 atom stereocenters. The molecule has 30 heavy (non-hydrogen) atoms. The highest BCUT2D eigenvalue weighted by atomic mass is 16.5. The molecule has 1 fully saturated rings. The van der Waals surface area contributed by atoms with Crippen molar-refractivity contribution in [2.24, 2.45) is 0 Å². The molecule has 0 unspecified atom stereocenters. The zero-order valence-corrected chi connectivity index (χ0v) is 17.3. The average molecular weight is 413 g/mol. The summed E-state index contributed by atoms with van der Waals surface area (Å²) < 4.78 is 15.9. The summed E-state index contributed by atoms with van der Waals surface area (Å²) in [5.41, 5.74) is 1.93. The van der Waals surface area contributed by atoms with Crippen molar-refractivity contribution in [3.63, 3.8) is 0 Å². The lowest BCUT2D eigenvalue weighted by Gasteiger charge is -2.28. The largest absolute Gasteiger partial charge is 0.507 e. The number of nitrogens with zero attached hydrogens (tertiary/aromatic N) is 1. The molecule has 1 heterocycles. The van der Waals surface area contributed by atoms with Gasteiger partial charge in [-0.25, -0.2) is 0 Å². The number of aliphatic hydroxyl groups excluding tert-OH is 1. The van der Waals surface area contributed by atoms with Crippen LogP contribution in [0.5, 0.6) is 17.2 Å². The van der Waals surface area contributed by atoms with Crippen LogP contribution in [0.25, 0.3) is 6.08 Å². The molecule has 0 radical (unpaired) electrons. The number of rotatable bonds is 8. The molecule has 0 amide bonds. The number of ketones is 1. The van der Waals surface area contributed by atoms with Gasteiger partial charge in [-0.15, -0.1) is 0 Å². The maximum atomic E-state index is 13.0. The Hall–Kier alpha value is -2.87. The van der Waals surface area contributed by atoms with E-state index in [1.165, 1.54) is 13.2 Å². The Morgan fingerprint density at radius 2 is 1.97 bits per heavy atom. The number of methoxy groups -OCH3 is 2. The standard InChI is InChI=1S/C23H27NO6/c1-28-18-5-3-4-16(12-18)6-7-20(26)22-21(29-2)13-17(15-25)19(23(22)27)14-24-8-10-30-11-9-24/h3-7,12-13,25,27H,8-11,14-15H2,1-2H3/b7-6+. The number of carbonyl (C=O) groups excluding carboxylic acids is 1. The van der Waals surface area contributed by atoms with Crippen molar-refractivity contribution in [1.29, 1.82) is 0 Å². The summed E-state index contributed by atoms with van der Waals surface area (Å²) in [6.45, 7) is 2.80. The van der Waals surface area contributed by atoms with Crippen molar-refractivity contribution in [2.45, 2.75) is 13.2 Å². The fourth-order valence-electron chi connectivity index (χ4n) is 3.44. The number of ether oxygens (including phenoxy) is 3. The van der Waals surface area contributed by atoms with Gasteiger partial charge in [0.15, 0.2) is 5.78 Å². The molecule has 7 nitrogen and oxygen atoms in total. The Morgan fingerprint density at radius 3 is 2.63 bits per heavy atom. The molecule has 160 valence electrons. The number of phenols is 1. The summed E-state index contributed by atoms with van der Waals surface area (Å²) in [7, 11) is 3.01. The average Bonchev–Trinajstić information content (AvgIpc) is 2.79. The number of hydrogen-bond acceptors (Lipinski definition) is 7. The summed E-state index contributed by atoms with van der Waals surface area (Å²) in [6, 6.07) is 8.92. The van der Waals surface area contributed by atoms with Gasteiger partial charge in [-0.3, -0.25) is 9.69 Å². The smallest absolute Gasteiger partial charge is 0.193 e. The molecule has 1 aliphatic rings. The zero-order chi connectivity index (χ0) is 21.5. The lowest BCUT2D eigenvalue weighted by atomic mass is 9.97. The van der Waals surface area contributed by atoms with Crippen molar-refractivity contribution < 1.29 is 29.2 Å². The highest BCUT2D eigenvalue weighted by molar-refractivity contribution is 6.10. The van der Waals surface area contributed by atoms with Crippen molar-refractivity contribution in [3.05, 3.63) is 58.7 Å². The molecule has 2 aromatic carbocycles. The maximum Gasteiger partial charge on any atom is 0.193 e. The summed E-state index contributed by atoms with van der Waals surface area (Å²) in [5, 5.41) is 20.8. The molecule has 1 aliphatic heterocycles. The first-order chi connectivity index (χ1) is 14.6. The second-order valence-electron chi connectivity index (χ2n) is 6.96. The monoisotopic (exact) mass is 413 g/mol. The third-order valence-electron chi connectivity index (χ3n) is 5.11. The van der Waals surface area contributed by atoms with E-state index in [1.54, 1.807) is 25.3 Å². The first-order valence-corrected chi connectivity index (χ1v) is 9.76.